The maximum Gasteiger partial charge on any atom is 0.169 e. The van der Waals surface area contributed by atoms with E-state index in [9.17, 15) is 4.79 Å². The van der Waals surface area contributed by atoms with Crippen molar-refractivity contribution in [2.45, 2.75) is 59.8 Å². The standard InChI is InChI=1S/C28H33NO3/c1-27(2)26(28(27,3)4)25(30)23-17-29(16-21-11-8-14-31-21)24-13-12-20(15-22(23)24)32-18-19-9-6-5-7-10-19/h5-7,9-10,12-13,15,17,21,26H,8,11,14,16,18H2,1-4H3/t21-/m1/s1. The summed E-state index contributed by atoms with van der Waals surface area (Å²) in [5.41, 5.74) is 3.03. The Labute approximate surface area is 190 Å². The van der Waals surface area contributed by atoms with E-state index in [0.717, 1.165) is 53.8 Å². The van der Waals surface area contributed by atoms with Gasteiger partial charge in [0.15, 0.2) is 5.78 Å². The molecule has 2 heterocycles. The molecule has 1 atom stereocenters. The number of carbonyl (C=O) groups is 1. The number of ether oxygens (including phenoxy) is 2. The predicted molar refractivity (Wildman–Crippen MR) is 127 cm³/mol. The average Bonchev–Trinajstić information content (AvgIpc) is 3.22. The molecule has 2 aliphatic rings. The summed E-state index contributed by atoms with van der Waals surface area (Å²) in [6.45, 7) is 10.9. The first kappa shape index (κ1) is 21.3. The normalized spacial score (nSPS) is 21.7. The number of hydrogen-bond donors (Lipinski definition) is 0. The van der Waals surface area contributed by atoms with E-state index in [-0.39, 0.29) is 28.6 Å². The van der Waals surface area contributed by atoms with Gasteiger partial charge < -0.3 is 14.0 Å². The summed E-state index contributed by atoms with van der Waals surface area (Å²) in [7, 11) is 0. The van der Waals surface area contributed by atoms with Crippen LogP contribution in [-0.4, -0.2) is 23.1 Å². The highest BCUT2D eigenvalue weighted by Gasteiger charge is 2.68. The second kappa shape index (κ2) is 7.77. The molecule has 0 N–H and O–H groups in total. The number of ketones is 1. The van der Waals surface area contributed by atoms with E-state index in [1.807, 2.05) is 30.3 Å². The number of aromatic nitrogens is 1. The van der Waals surface area contributed by atoms with E-state index >= 15 is 0 Å². The number of fused-ring (bicyclic) bond motifs is 1. The molecule has 0 spiro atoms. The lowest BCUT2D eigenvalue weighted by Gasteiger charge is -2.12. The van der Waals surface area contributed by atoms with Gasteiger partial charge in [-0.05, 0) is 47.4 Å². The van der Waals surface area contributed by atoms with Crippen molar-refractivity contribution in [1.29, 1.82) is 0 Å². The molecular weight excluding hydrogens is 398 g/mol. The van der Waals surface area contributed by atoms with Gasteiger partial charge in [0, 0.05) is 41.7 Å². The molecule has 1 aliphatic heterocycles. The van der Waals surface area contributed by atoms with Crippen LogP contribution in [0.1, 0.15) is 56.5 Å². The van der Waals surface area contributed by atoms with Crippen LogP contribution in [0.25, 0.3) is 10.9 Å². The van der Waals surface area contributed by atoms with E-state index < -0.39 is 0 Å². The summed E-state index contributed by atoms with van der Waals surface area (Å²) < 4.78 is 14.2. The summed E-state index contributed by atoms with van der Waals surface area (Å²) in [4.78, 5) is 13.7. The van der Waals surface area contributed by atoms with Crippen LogP contribution < -0.4 is 4.74 Å². The van der Waals surface area contributed by atoms with Crippen molar-refractivity contribution in [1.82, 2.24) is 4.57 Å². The molecule has 2 fully saturated rings. The van der Waals surface area contributed by atoms with Crippen LogP contribution in [0.2, 0.25) is 0 Å². The van der Waals surface area contributed by atoms with E-state index in [1.165, 1.54) is 0 Å². The lowest BCUT2D eigenvalue weighted by Crippen LogP contribution is -2.14. The summed E-state index contributed by atoms with van der Waals surface area (Å²) in [6, 6.07) is 16.3. The topological polar surface area (TPSA) is 40.5 Å². The number of carbonyl (C=O) groups excluding carboxylic acids is 1. The van der Waals surface area contributed by atoms with Crippen molar-refractivity contribution in [2.75, 3.05) is 6.61 Å². The number of Topliss-reactive ketones (excluding diaryl/α,β-unsaturated/α-hetero) is 1. The molecule has 3 aromatic rings. The van der Waals surface area contributed by atoms with Gasteiger partial charge in [0.2, 0.25) is 0 Å². The molecule has 5 rings (SSSR count). The molecule has 1 saturated carbocycles. The quantitative estimate of drug-likeness (QED) is 0.414. The first-order chi connectivity index (χ1) is 15.3. The third kappa shape index (κ3) is 3.55. The zero-order chi connectivity index (χ0) is 22.5. The van der Waals surface area contributed by atoms with Crippen LogP contribution in [0.4, 0.5) is 0 Å². The maximum atomic E-state index is 13.7. The Morgan fingerprint density at radius 2 is 1.84 bits per heavy atom. The monoisotopic (exact) mass is 431 g/mol. The van der Waals surface area contributed by atoms with Crippen LogP contribution in [0.15, 0.2) is 54.7 Å². The Kier molecular flexibility index (Phi) is 5.16. The first-order valence-electron chi connectivity index (χ1n) is 11.7. The van der Waals surface area contributed by atoms with Gasteiger partial charge in [0.05, 0.1) is 6.10 Å². The van der Waals surface area contributed by atoms with E-state index in [0.29, 0.717) is 6.61 Å². The molecule has 4 nitrogen and oxygen atoms in total. The van der Waals surface area contributed by atoms with Gasteiger partial charge in [0.25, 0.3) is 0 Å². The molecule has 32 heavy (non-hydrogen) atoms. The number of rotatable bonds is 7. The highest BCUT2D eigenvalue weighted by Crippen LogP contribution is 2.69. The second-order valence-corrected chi connectivity index (χ2v) is 10.5. The molecule has 0 amide bonds. The number of nitrogens with zero attached hydrogens (tertiary/aromatic N) is 1. The Morgan fingerprint density at radius 1 is 1.09 bits per heavy atom. The highest BCUT2D eigenvalue weighted by molar-refractivity contribution is 6.11. The van der Waals surface area contributed by atoms with Gasteiger partial charge in [-0.3, -0.25) is 4.79 Å². The molecule has 1 saturated heterocycles. The van der Waals surface area contributed by atoms with E-state index in [4.69, 9.17) is 9.47 Å². The van der Waals surface area contributed by atoms with Gasteiger partial charge in [-0.1, -0.05) is 58.0 Å². The lowest BCUT2D eigenvalue weighted by atomic mass is 10.0. The largest absolute Gasteiger partial charge is 0.489 e. The minimum absolute atomic E-state index is 0.00842. The molecule has 0 bridgehead atoms. The van der Waals surface area contributed by atoms with Gasteiger partial charge >= 0.3 is 0 Å². The van der Waals surface area contributed by atoms with Gasteiger partial charge in [-0.2, -0.15) is 0 Å². The molecule has 0 unspecified atom stereocenters. The zero-order valence-electron chi connectivity index (χ0n) is 19.6. The van der Waals surface area contributed by atoms with Crippen molar-refractivity contribution >= 4 is 16.7 Å². The zero-order valence-corrected chi connectivity index (χ0v) is 19.6. The SMILES string of the molecule is CC1(C)C(C(=O)c2cn(C[C@H]3CCCO3)c3ccc(OCc4ccccc4)cc23)C1(C)C. The summed E-state index contributed by atoms with van der Waals surface area (Å²) in [5, 5.41) is 0.983. The smallest absolute Gasteiger partial charge is 0.169 e. The van der Waals surface area contributed by atoms with Crippen molar-refractivity contribution < 1.29 is 14.3 Å². The highest BCUT2D eigenvalue weighted by atomic mass is 16.5. The summed E-state index contributed by atoms with van der Waals surface area (Å²) in [5.74, 6) is 1.07. The second-order valence-electron chi connectivity index (χ2n) is 10.5. The van der Waals surface area contributed by atoms with Crippen molar-refractivity contribution in [2.24, 2.45) is 16.7 Å². The van der Waals surface area contributed by atoms with Crippen LogP contribution in [0.3, 0.4) is 0 Å². The lowest BCUT2D eigenvalue weighted by molar-refractivity contribution is 0.0939. The maximum absolute atomic E-state index is 13.7. The van der Waals surface area contributed by atoms with Gasteiger partial charge in [-0.15, -0.1) is 0 Å². The number of hydrogen-bond acceptors (Lipinski definition) is 3. The number of benzene rings is 2. The Morgan fingerprint density at radius 3 is 2.50 bits per heavy atom. The average molecular weight is 432 g/mol. The van der Waals surface area contributed by atoms with Gasteiger partial charge in [0.1, 0.15) is 12.4 Å². The molecular formula is C28H33NO3. The van der Waals surface area contributed by atoms with Crippen molar-refractivity contribution in [3.8, 4) is 5.75 Å². The molecule has 2 aromatic carbocycles. The first-order valence-corrected chi connectivity index (χ1v) is 11.7. The minimum Gasteiger partial charge on any atom is -0.489 e. The Balaban J connectivity index is 1.49. The molecule has 168 valence electrons. The Bertz CT molecular complexity index is 1120. The fourth-order valence-corrected chi connectivity index (χ4v) is 5.47. The van der Waals surface area contributed by atoms with Crippen molar-refractivity contribution in [3.63, 3.8) is 0 Å². The van der Waals surface area contributed by atoms with E-state index in [1.54, 1.807) is 0 Å². The molecule has 1 aliphatic carbocycles. The van der Waals surface area contributed by atoms with Crippen LogP contribution in [-0.2, 0) is 17.9 Å². The fraction of sp³-hybridized carbons (Fsp3) is 0.464. The summed E-state index contributed by atoms with van der Waals surface area (Å²) >= 11 is 0. The predicted octanol–water partition coefficient (Wildman–Crippen LogP) is 6.26. The van der Waals surface area contributed by atoms with Crippen LogP contribution in [0, 0.1) is 16.7 Å². The van der Waals surface area contributed by atoms with E-state index in [2.05, 4.69) is 56.7 Å². The Hall–Kier alpha value is -2.59. The third-order valence-electron chi connectivity index (χ3n) is 8.07. The molecule has 4 heteroatoms. The van der Waals surface area contributed by atoms with Crippen LogP contribution >= 0.6 is 0 Å². The fourth-order valence-electron chi connectivity index (χ4n) is 5.47. The minimum atomic E-state index is 0.00842. The summed E-state index contributed by atoms with van der Waals surface area (Å²) in [6.07, 6.45) is 4.46. The van der Waals surface area contributed by atoms with Gasteiger partial charge in [-0.25, -0.2) is 0 Å². The van der Waals surface area contributed by atoms with Crippen LogP contribution in [0.5, 0.6) is 5.75 Å². The molecule has 0 radical (unpaired) electrons. The molecule has 1 aromatic heterocycles. The third-order valence-corrected chi connectivity index (χ3v) is 8.07. The van der Waals surface area contributed by atoms with Crippen molar-refractivity contribution in [3.05, 3.63) is 65.9 Å².